The van der Waals surface area contributed by atoms with Crippen molar-refractivity contribution < 1.29 is 9.59 Å². The van der Waals surface area contributed by atoms with Gasteiger partial charge in [-0.05, 0) is 109 Å². The van der Waals surface area contributed by atoms with E-state index >= 15 is 0 Å². The number of hydrogen-bond acceptors (Lipinski definition) is 10. The Morgan fingerprint density at radius 1 is 0.685 bits per heavy atom. The van der Waals surface area contributed by atoms with Gasteiger partial charge in [-0.2, -0.15) is 10.5 Å². The summed E-state index contributed by atoms with van der Waals surface area (Å²) in [5.74, 6) is -0.683. The van der Waals surface area contributed by atoms with Crippen LogP contribution in [0.25, 0.3) is 0 Å². The average Bonchev–Trinajstić information content (AvgIpc) is 3.97. The van der Waals surface area contributed by atoms with Crippen molar-refractivity contribution in [2.45, 2.75) is 38.5 Å². The van der Waals surface area contributed by atoms with Crippen LogP contribution < -0.4 is 10.6 Å². The highest BCUT2D eigenvalue weighted by Crippen LogP contribution is 2.53. The Bertz CT molecular complexity index is 2290. The number of carbonyl (C=O) groups is 2. The summed E-state index contributed by atoms with van der Waals surface area (Å²) >= 11 is 15.0. The van der Waals surface area contributed by atoms with Crippen LogP contribution in [0.3, 0.4) is 0 Å². The molecule has 0 fully saturated rings. The molecule has 2 heterocycles. The summed E-state index contributed by atoms with van der Waals surface area (Å²) in [7, 11) is 0. The Morgan fingerprint density at radius 3 is 1.46 bits per heavy atom. The zero-order chi connectivity index (χ0) is 38.0. The molecular formula is C40H30Cl2N8O2S2. The fourth-order valence-electron chi connectivity index (χ4n) is 7.69. The van der Waals surface area contributed by atoms with Crippen LogP contribution in [-0.4, -0.2) is 32.2 Å². The number of nitrogens with one attached hydrogen (secondary N) is 2. The predicted molar refractivity (Wildman–Crippen MR) is 210 cm³/mol. The first-order valence-electron chi connectivity index (χ1n) is 16.7. The maximum atomic E-state index is 13.3. The molecule has 2 aliphatic rings. The van der Waals surface area contributed by atoms with Crippen molar-refractivity contribution in [1.82, 2.24) is 20.4 Å². The molecule has 6 aromatic rings. The second-order valence-corrected chi connectivity index (χ2v) is 16.2. The molecule has 4 atom stereocenters. The second kappa shape index (κ2) is 15.1. The minimum atomic E-state index is -0.743. The van der Waals surface area contributed by atoms with Crippen LogP contribution in [0.15, 0.2) is 96.0 Å². The highest BCUT2D eigenvalue weighted by Gasteiger charge is 2.50. The van der Waals surface area contributed by atoms with Crippen LogP contribution in [0.4, 0.5) is 10.3 Å². The summed E-state index contributed by atoms with van der Waals surface area (Å²) in [5.41, 5.74) is 8.84. The van der Waals surface area contributed by atoms with Crippen molar-refractivity contribution in [3.63, 3.8) is 0 Å². The monoisotopic (exact) mass is 788 g/mol. The molecule has 0 aliphatic heterocycles. The number of fused-ring (bicyclic) bond motifs is 2. The standard InChI is InChI=1S/2C20H15ClN4OS/c2*1-20(18(26)24-19-25-23-11-27-19)9-14-6-5-12(10-22)7-16(14)17(20)13-3-2-4-15(21)8-13/h2*2-8,11,17H,9H2,1H3,(H,24,25,26)/t2*17-,20+/m10/s1. The van der Waals surface area contributed by atoms with Gasteiger partial charge >= 0.3 is 0 Å². The highest BCUT2D eigenvalue weighted by molar-refractivity contribution is 7.13. The van der Waals surface area contributed by atoms with E-state index in [1.807, 2.05) is 86.6 Å². The van der Waals surface area contributed by atoms with Gasteiger partial charge in [0.05, 0.1) is 34.1 Å². The predicted octanol–water partition coefficient (Wildman–Crippen LogP) is 8.79. The average molecular weight is 790 g/mol. The van der Waals surface area contributed by atoms with E-state index in [0.717, 1.165) is 33.4 Å². The largest absolute Gasteiger partial charge is 0.300 e. The topological polar surface area (TPSA) is 157 Å². The van der Waals surface area contributed by atoms with Crippen molar-refractivity contribution in [3.05, 3.63) is 151 Å². The molecule has 10 nitrogen and oxygen atoms in total. The van der Waals surface area contributed by atoms with E-state index in [0.29, 0.717) is 44.3 Å². The first-order valence-corrected chi connectivity index (χ1v) is 19.3. The molecule has 268 valence electrons. The Balaban J connectivity index is 0.000000167. The zero-order valence-electron chi connectivity index (χ0n) is 28.9. The third kappa shape index (κ3) is 7.09. The number of nitriles is 2. The van der Waals surface area contributed by atoms with Crippen molar-refractivity contribution in [3.8, 4) is 12.1 Å². The van der Waals surface area contributed by atoms with Crippen LogP contribution in [-0.2, 0) is 22.4 Å². The van der Waals surface area contributed by atoms with Gasteiger partial charge in [0.25, 0.3) is 0 Å². The van der Waals surface area contributed by atoms with E-state index in [9.17, 15) is 20.1 Å². The molecule has 8 rings (SSSR count). The van der Waals surface area contributed by atoms with Crippen molar-refractivity contribution in [2.75, 3.05) is 10.6 Å². The van der Waals surface area contributed by atoms with E-state index in [2.05, 4.69) is 43.2 Å². The molecule has 0 saturated heterocycles. The normalized spacial score (nSPS) is 20.7. The maximum Gasteiger partial charge on any atom is 0.233 e. The second-order valence-electron chi connectivity index (χ2n) is 13.6. The maximum absolute atomic E-state index is 13.3. The molecule has 2 N–H and O–H groups in total. The molecule has 0 radical (unpaired) electrons. The Kier molecular flexibility index (Phi) is 10.3. The van der Waals surface area contributed by atoms with Gasteiger partial charge in [-0.25, -0.2) is 0 Å². The summed E-state index contributed by atoms with van der Waals surface area (Å²) in [4.78, 5) is 26.5. The fraction of sp³-hybridized carbons (Fsp3) is 0.200. The number of hydrogen-bond donors (Lipinski definition) is 2. The van der Waals surface area contributed by atoms with Gasteiger partial charge in [-0.3, -0.25) is 9.59 Å². The quantitative estimate of drug-likeness (QED) is 0.170. The van der Waals surface area contributed by atoms with Crippen LogP contribution in [0.5, 0.6) is 0 Å². The van der Waals surface area contributed by atoms with E-state index in [4.69, 9.17) is 23.2 Å². The molecule has 2 amide bonds. The smallest absolute Gasteiger partial charge is 0.233 e. The van der Waals surface area contributed by atoms with Gasteiger partial charge in [0.2, 0.25) is 22.1 Å². The molecule has 0 spiro atoms. The van der Waals surface area contributed by atoms with Crippen LogP contribution >= 0.6 is 45.9 Å². The van der Waals surface area contributed by atoms with Gasteiger partial charge in [0.1, 0.15) is 11.0 Å². The van der Waals surface area contributed by atoms with Gasteiger partial charge in [-0.15, -0.1) is 20.4 Å². The van der Waals surface area contributed by atoms with Gasteiger partial charge in [0.15, 0.2) is 0 Å². The van der Waals surface area contributed by atoms with Crippen molar-refractivity contribution >= 4 is 68.0 Å². The van der Waals surface area contributed by atoms with Gasteiger partial charge in [0, 0.05) is 21.9 Å². The number of anilines is 2. The molecule has 14 heteroatoms. The number of amides is 2. The molecule has 0 saturated carbocycles. The number of rotatable bonds is 6. The number of aromatic nitrogens is 4. The summed E-state index contributed by atoms with van der Waals surface area (Å²) in [6, 6.07) is 30.7. The number of carbonyl (C=O) groups excluding carboxylic acids is 2. The lowest BCUT2D eigenvalue weighted by Gasteiger charge is -2.31. The summed E-state index contributed by atoms with van der Waals surface area (Å²) in [6.07, 6.45) is 1.13. The molecule has 0 bridgehead atoms. The Morgan fingerprint density at radius 2 is 1.11 bits per heavy atom. The molecule has 4 aromatic carbocycles. The lowest BCUT2D eigenvalue weighted by Crippen LogP contribution is -2.37. The molecule has 2 aromatic heterocycles. The first kappa shape index (κ1) is 36.8. The van der Waals surface area contributed by atoms with Crippen molar-refractivity contribution in [2.24, 2.45) is 10.8 Å². The van der Waals surface area contributed by atoms with Gasteiger partial charge in [-0.1, -0.05) is 82.3 Å². The minimum absolute atomic E-state index is 0.126. The summed E-state index contributed by atoms with van der Waals surface area (Å²) in [5, 5.41) is 42.0. The minimum Gasteiger partial charge on any atom is -0.300 e. The summed E-state index contributed by atoms with van der Waals surface area (Å²) < 4.78 is 0. The SMILES string of the molecule is C[C@@]1(C(=O)Nc2nncs2)Cc2ccc(C#N)cc2[C@@H]1c1cccc(Cl)c1.C[C@]1(C(=O)Nc2nncs2)Cc2ccc(C#N)cc2[C@H]1c1cccc(Cl)c1. The van der Waals surface area contributed by atoms with Crippen LogP contribution in [0, 0.1) is 33.5 Å². The van der Waals surface area contributed by atoms with Crippen LogP contribution in [0.2, 0.25) is 10.0 Å². The third-order valence-electron chi connectivity index (χ3n) is 10.1. The third-order valence-corrected chi connectivity index (χ3v) is 11.8. The lowest BCUT2D eigenvalue weighted by molar-refractivity contribution is -0.125. The number of benzene rings is 4. The summed E-state index contributed by atoms with van der Waals surface area (Å²) in [6.45, 7) is 3.89. The van der Waals surface area contributed by atoms with E-state index in [1.165, 1.54) is 22.7 Å². The van der Waals surface area contributed by atoms with E-state index in [1.54, 1.807) is 23.2 Å². The number of nitrogens with zero attached hydrogens (tertiary/aromatic N) is 6. The molecule has 0 unspecified atom stereocenters. The number of halogens is 2. The molecular weight excluding hydrogens is 760 g/mol. The highest BCUT2D eigenvalue weighted by atomic mass is 35.5. The van der Waals surface area contributed by atoms with E-state index in [-0.39, 0.29) is 23.7 Å². The zero-order valence-corrected chi connectivity index (χ0v) is 32.0. The van der Waals surface area contributed by atoms with Crippen molar-refractivity contribution in [1.29, 1.82) is 10.5 Å². The first-order chi connectivity index (χ1) is 26.0. The Labute approximate surface area is 329 Å². The van der Waals surface area contributed by atoms with E-state index < -0.39 is 10.8 Å². The fourth-order valence-corrected chi connectivity index (χ4v) is 8.97. The molecule has 54 heavy (non-hydrogen) atoms. The Hall–Kier alpha value is -5.50. The lowest BCUT2D eigenvalue weighted by atomic mass is 9.73. The van der Waals surface area contributed by atoms with Gasteiger partial charge < -0.3 is 10.6 Å². The van der Waals surface area contributed by atoms with Crippen LogP contribution in [0.1, 0.15) is 70.2 Å². The molecule has 2 aliphatic carbocycles.